The number of hydrogen-bond acceptors (Lipinski definition) is 2. The Morgan fingerprint density at radius 2 is 2.00 bits per heavy atom. The van der Waals surface area contributed by atoms with Gasteiger partial charge in [-0.1, -0.05) is 32.8 Å². The molecule has 0 radical (unpaired) electrons. The largest absolute Gasteiger partial charge is 0.311 e. The van der Waals surface area contributed by atoms with Crippen LogP contribution in [0, 0.1) is 12.8 Å². The summed E-state index contributed by atoms with van der Waals surface area (Å²) < 4.78 is 0. The van der Waals surface area contributed by atoms with Crippen molar-refractivity contribution >= 4 is 11.6 Å². The average Bonchev–Trinajstić information content (AvgIpc) is 2.30. The molecule has 3 heteroatoms. The number of aryl methyl sites for hydroxylation is 1. The highest BCUT2D eigenvalue weighted by molar-refractivity contribution is 6.21. The molecule has 0 aromatic carbocycles. The number of halogens is 1. The summed E-state index contributed by atoms with van der Waals surface area (Å²) in [6.45, 7) is 8.17. The Hall–Kier alpha value is -0.600. The standard InChI is InChI=1S/C14H23ClN2/c1-4-13(5-2)14(15)10-17-9-12-6-11(3)7-16-8-12/h6-8,13-14,17H,4-5,9-10H2,1-3H3. The molecule has 0 fully saturated rings. The van der Waals surface area contributed by atoms with Crippen LogP contribution in [0.25, 0.3) is 0 Å². The van der Waals surface area contributed by atoms with Crippen LogP contribution in [0.4, 0.5) is 0 Å². The monoisotopic (exact) mass is 254 g/mol. The van der Waals surface area contributed by atoms with E-state index in [1.807, 2.05) is 12.4 Å². The van der Waals surface area contributed by atoms with Gasteiger partial charge in [0, 0.05) is 30.9 Å². The third-order valence-corrected chi connectivity index (χ3v) is 3.67. The first-order valence-electron chi connectivity index (χ1n) is 6.42. The average molecular weight is 255 g/mol. The van der Waals surface area contributed by atoms with Crippen molar-refractivity contribution in [1.29, 1.82) is 0 Å². The molecule has 17 heavy (non-hydrogen) atoms. The van der Waals surface area contributed by atoms with Crippen LogP contribution in [0.5, 0.6) is 0 Å². The Balaban J connectivity index is 2.32. The van der Waals surface area contributed by atoms with Crippen molar-refractivity contribution in [2.24, 2.45) is 5.92 Å². The molecule has 1 rings (SSSR count). The molecule has 0 aliphatic rings. The predicted molar refractivity (Wildman–Crippen MR) is 74.4 cm³/mol. The van der Waals surface area contributed by atoms with E-state index in [0.29, 0.717) is 5.92 Å². The first kappa shape index (κ1) is 14.5. The van der Waals surface area contributed by atoms with Gasteiger partial charge < -0.3 is 5.32 Å². The lowest BCUT2D eigenvalue weighted by Crippen LogP contribution is -2.28. The highest BCUT2D eigenvalue weighted by atomic mass is 35.5. The van der Waals surface area contributed by atoms with E-state index in [1.54, 1.807) is 0 Å². The zero-order chi connectivity index (χ0) is 12.7. The smallest absolute Gasteiger partial charge is 0.0488 e. The molecule has 1 unspecified atom stereocenters. The van der Waals surface area contributed by atoms with Gasteiger partial charge in [-0.05, 0) is 24.0 Å². The molecule has 2 nitrogen and oxygen atoms in total. The van der Waals surface area contributed by atoms with Crippen LogP contribution in [0.15, 0.2) is 18.5 Å². The van der Waals surface area contributed by atoms with Gasteiger partial charge in [-0.15, -0.1) is 11.6 Å². The summed E-state index contributed by atoms with van der Waals surface area (Å²) in [5, 5.41) is 3.63. The summed E-state index contributed by atoms with van der Waals surface area (Å²) in [6, 6.07) is 2.15. The first-order chi connectivity index (χ1) is 8.17. The van der Waals surface area contributed by atoms with Crippen LogP contribution in [-0.2, 0) is 6.54 Å². The fraction of sp³-hybridized carbons (Fsp3) is 0.643. The third-order valence-electron chi connectivity index (χ3n) is 3.16. The highest BCUT2D eigenvalue weighted by Crippen LogP contribution is 2.17. The number of pyridine rings is 1. The lowest BCUT2D eigenvalue weighted by molar-refractivity contribution is 0.446. The van der Waals surface area contributed by atoms with Gasteiger partial charge in [0.2, 0.25) is 0 Å². The number of nitrogens with one attached hydrogen (secondary N) is 1. The fourth-order valence-corrected chi connectivity index (χ4v) is 2.50. The number of rotatable bonds is 7. The second-order valence-corrected chi connectivity index (χ2v) is 5.15. The molecule has 1 aromatic heterocycles. The Morgan fingerprint density at radius 3 is 2.59 bits per heavy atom. The van der Waals surface area contributed by atoms with Gasteiger partial charge >= 0.3 is 0 Å². The Morgan fingerprint density at radius 1 is 1.29 bits per heavy atom. The molecule has 1 aromatic rings. The predicted octanol–water partition coefficient (Wildman–Crippen LogP) is 3.52. The molecular formula is C14H23ClN2. The zero-order valence-electron chi connectivity index (χ0n) is 11.0. The van der Waals surface area contributed by atoms with Crippen LogP contribution >= 0.6 is 11.6 Å². The number of hydrogen-bond donors (Lipinski definition) is 1. The van der Waals surface area contributed by atoms with Crippen molar-refractivity contribution in [3.8, 4) is 0 Å². The SMILES string of the molecule is CCC(CC)C(Cl)CNCc1cncc(C)c1. The summed E-state index contributed by atoms with van der Waals surface area (Å²) in [4.78, 5) is 4.18. The molecule has 1 atom stereocenters. The molecule has 0 amide bonds. The second-order valence-electron chi connectivity index (χ2n) is 4.59. The van der Waals surface area contributed by atoms with Crippen LogP contribution < -0.4 is 5.32 Å². The van der Waals surface area contributed by atoms with E-state index in [1.165, 1.54) is 11.1 Å². The summed E-state index contributed by atoms with van der Waals surface area (Å²) in [6.07, 6.45) is 6.08. The van der Waals surface area contributed by atoms with Gasteiger partial charge in [0.15, 0.2) is 0 Å². The first-order valence-corrected chi connectivity index (χ1v) is 6.86. The molecule has 1 heterocycles. The minimum atomic E-state index is 0.225. The van der Waals surface area contributed by atoms with Gasteiger partial charge in [-0.2, -0.15) is 0 Å². The minimum absolute atomic E-state index is 0.225. The van der Waals surface area contributed by atoms with Crippen molar-refractivity contribution in [2.75, 3.05) is 6.54 Å². The van der Waals surface area contributed by atoms with Crippen molar-refractivity contribution in [2.45, 2.75) is 45.5 Å². The van der Waals surface area contributed by atoms with E-state index in [2.05, 4.69) is 37.1 Å². The maximum Gasteiger partial charge on any atom is 0.0488 e. The Bertz CT molecular complexity index is 324. The molecule has 0 saturated carbocycles. The van der Waals surface area contributed by atoms with E-state index >= 15 is 0 Å². The van der Waals surface area contributed by atoms with E-state index in [0.717, 1.165) is 25.9 Å². The van der Waals surface area contributed by atoms with E-state index in [-0.39, 0.29) is 5.38 Å². The Kier molecular flexibility index (Phi) is 6.53. The molecule has 0 bridgehead atoms. The maximum absolute atomic E-state index is 6.37. The van der Waals surface area contributed by atoms with E-state index in [4.69, 9.17) is 11.6 Å². The van der Waals surface area contributed by atoms with Crippen LogP contribution in [0.1, 0.15) is 37.8 Å². The summed E-state index contributed by atoms with van der Waals surface area (Å²) in [7, 11) is 0. The summed E-state index contributed by atoms with van der Waals surface area (Å²) in [5.74, 6) is 0.611. The minimum Gasteiger partial charge on any atom is -0.311 e. The maximum atomic E-state index is 6.37. The van der Waals surface area contributed by atoms with Gasteiger partial charge in [0.05, 0.1) is 0 Å². The normalized spacial score (nSPS) is 13.0. The number of aromatic nitrogens is 1. The van der Waals surface area contributed by atoms with Crippen molar-refractivity contribution in [1.82, 2.24) is 10.3 Å². The van der Waals surface area contributed by atoms with Crippen LogP contribution in [0.2, 0.25) is 0 Å². The van der Waals surface area contributed by atoms with E-state index in [9.17, 15) is 0 Å². The molecule has 96 valence electrons. The van der Waals surface area contributed by atoms with E-state index < -0.39 is 0 Å². The van der Waals surface area contributed by atoms with Gasteiger partial charge in [0.1, 0.15) is 0 Å². The van der Waals surface area contributed by atoms with Gasteiger partial charge in [0.25, 0.3) is 0 Å². The van der Waals surface area contributed by atoms with Crippen molar-refractivity contribution in [3.63, 3.8) is 0 Å². The molecule has 1 N–H and O–H groups in total. The summed E-state index contributed by atoms with van der Waals surface area (Å²) in [5.41, 5.74) is 2.42. The highest BCUT2D eigenvalue weighted by Gasteiger charge is 2.14. The van der Waals surface area contributed by atoms with Crippen molar-refractivity contribution < 1.29 is 0 Å². The molecular weight excluding hydrogens is 232 g/mol. The topological polar surface area (TPSA) is 24.9 Å². The summed E-state index contributed by atoms with van der Waals surface area (Å²) >= 11 is 6.37. The quantitative estimate of drug-likeness (QED) is 0.753. The zero-order valence-corrected chi connectivity index (χ0v) is 11.8. The second kappa shape index (κ2) is 7.67. The van der Waals surface area contributed by atoms with Crippen LogP contribution in [0.3, 0.4) is 0 Å². The number of alkyl halides is 1. The molecule has 0 aliphatic heterocycles. The molecule has 0 aliphatic carbocycles. The fourth-order valence-electron chi connectivity index (χ4n) is 2.04. The van der Waals surface area contributed by atoms with Crippen LogP contribution in [-0.4, -0.2) is 16.9 Å². The molecule has 0 saturated heterocycles. The van der Waals surface area contributed by atoms with Gasteiger partial charge in [-0.25, -0.2) is 0 Å². The Labute approximate surface area is 110 Å². The lowest BCUT2D eigenvalue weighted by Gasteiger charge is -2.19. The van der Waals surface area contributed by atoms with Crippen molar-refractivity contribution in [3.05, 3.63) is 29.6 Å². The molecule has 0 spiro atoms. The van der Waals surface area contributed by atoms with Gasteiger partial charge in [-0.3, -0.25) is 4.98 Å². The lowest BCUT2D eigenvalue weighted by atomic mass is 9.99. The number of nitrogens with zero attached hydrogens (tertiary/aromatic N) is 1. The third kappa shape index (κ3) is 5.05.